The summed E-state index contributed by atoms with van der Waals surface area (Å²) in [6.45, 7) is 5.98. The molecule has 0 fully saturated rings. The third-order valence-corrected chi connectivity index (χ3v) is 5.64. The van der Waals surface area contributed by atoms with Crippen LogP contribution < -0.4 is 24.7 Å². The van der Waals surface area contributed by atoms with Crippen LogP contribution in [0.25, 0.3) is 0 Å². The number of halogens is 4. The van der Waals surface area contributed by atoms with Crippen LogP contribution in [0.5, 0.6) is 23.0 Å². The van der Waals surface area contributed by atoms with Gasteiger partial charge in [-0.15, -0.1) is 12.4 Å². The van der Waals surface area contributed by atoms with E-state index < -0.39 is 28.4 Å². The highest BCUT2D eigenvalue weighted by molar-refractivity contribution is 6.63. The first kappa shape index (κ1) is 51.3. The van der Waals surface area contributed by atoms with Crippen molar-refractivity contribution in [3.63, 3.8) is 0 Å². The van der Waals surface area contributed by atoms with Crippen molar-refractivity contribution in [2.24, 2.45) is 10.7 Å². The third kappa shape index (κ3) is 26.9. The SMILES string of the molecule is COc1cc(C=NCCOCCO)ccc1OC(=O)[C@H](C)OC.COc1cc(C=O)ccc1OC(=O)[C@H](C)OC.Cl.NCCOCCO.[2H]C(Cl)(Cl)Cl. The maximum Gasteiger partial charge on any atom is 0.340 e. The van der Waals surface area contributed by atoms with Gasteiger partial charge < -0.3 is 53.8 Å². The molecule has 0 heterocycles. The Morgan fingerprint density at radius 1 is 0.788 bits per heavy atom. The highest BCUT2D eigenvalue weighted by Crippen LogP contribution is 2.29. The molecule has 298 valence electrons. The molecule has 0 saturated carbocycles. The van der Waals surface area contributed by atoms with Gasteiger partial charge in [0.25, 0.3) is 0 Å². The maximum atomic E-state index is 11.7. The van der Waals surface area contributed by atoms with Gasteiger partial charge >= 0.3 is 11.9 Å². The summed E-state index contributed by atoms with van der Waals surface area (Å²) in [5.41, 5.74) is 6.32. The highest BCUT2D eigenvalue weighted by Gasteiger charge is 2.18. The minimum absolute atomic E-state index is 0. The van der Waals surface area contributed by atoms with Gasteiger partial charge in [-0.25, -0.2) is 9.59 Å². The lowest BCUT2D eigenvalue weighted by atomic mass is 10.2. The van der Waals surface area contributed by atoms with Gasteiger partial charge in [0, 0.05) is 32.5 Å². The van der Waals surface area contributed by atoms with Gasteiger partial charge in [-0.3, -0.25) is 9.79 Å². The molecule has 0 aromatic heterocycles. The highest BCUT2D eigenvalue weighted by atomic mass is 35.6. The van der Waals surface area contributed by atoms with Crippen LogP contribution in [0.1, 0.15) is 31.1 Å². The molecule has 19 heteroatoms. The van der Waals surface area contributed by atoms with E-state index in [-0.39, 0.29) is 31.4 Å². The van der Waals surface area contributed by atoms with Crippen LogP contribution in [-0.2, 0) is 28.5 Å². The zero-order chi connectivity index (χ0) is 40.0. The number of hydrogen-bond donors (Lipinski definition) is 3. The molecular weight excluding hydrogens is 774 g/mol. The summed E-state index contributed by atoms with van der Waals surface area (Å²) < 4.78 is 44.6. The topological polar surface area (TPSA) is 204 Å². The molecule has 0 spiro atoms. The second kappa shape index (κ2) is 35.2. The van der Waals surface area contributed by atoms with Crippen molar-refractivity contribution in [1.29, 1.82) is 0 Å². The first-order chi connectivity index (χ1) is 24.6. The Hall–Kier alpha value is -2.80. The fourth-order valence-electron chi connectivity index (χ4n) is 2.97. The predicted octanol–water partition coefficient (Wildman–Crippen LogP) is 3.87. The van der Waals surface area contributed by atoms with Crippen molar-refractivity contribution >= 4 is 71.6 Å². The Labute approximate surface area is 327 Å². The van der Waals surface area contributed by atoms with Gasteiger partial charge in [-0.05, 0) is 55.8 Å². The fraction of sp³-hybridized carbons (Fsp3) is 0.515. The number of aliphatic hydroxyl groups is 2. The number of carbonyl (C=O) groups excluding carboxylic acids is 3. The summed E-state index contributed by atoms with van der Waals surface area (Å²) in [6.07, 6.45) is 1.05. The van der Waals surface area contributed by atoms with Gasteiger partial charge in [-0.2, -0.15) is 0 Å². The molecule has 0 saturated heterocycles. The number of benzene rings is 2. The predicted molar refractivity (Wildman–Crippen MR) is 202 cm³/mol. The Kier molecular flexibility index (Phi) is 34.8. The average molecular weight is 826 g/mol. The fourth-order valence-corrected chi connectivity index (χ4v) is 2.97. The quantitative estimate of drug-likeness (QED) is 0.0460. The molecular formula is C33H50Cl4N2O13. The Bertz CT molecular complexity index is 1300. The van der Waals surface area contributed by atoms with Crippen molar-refractivity contribution in [2.75, 3.05) is 81.2 Å². The van der Waals surface area contributed by atoms with E-state index in [4.69, 9.17) is 90.0 Å². The molecule has 2 atom stereocenters. The summed E-state index contributed by atoms with van der Waals surface area (Å²) in [7, 11) is 5.78. The molecule has 0 aliphatic rings. The largest absolute Gasteiger partial charge is 0.493 e. The Morgan fingerprint density at radius 2 is 1.21 bits per heavy atom. The number of nitrogens with zero attached hydrogens (tertiary/aromatic N) is 1. The van der Waals surface area contributed by atoms with E-state index in [9.17, 15) is 14.4 Å². The number of esters is 2. The van der Waals surface area contributed by atoms with E-state index in [1.54, 1.807) is 38.3 Å². The van der Waals surface area contributed by atoms with Gasteiger partial charge in [0.15, 0.2) is 39.5 Å². The van der Waals surface area contributed by atoms with Crippen molar-refractivity contribution < 1.29 is 63.9 Å². The Balaban J connectivity index is -0.000000726. The van der Waals surface area contributed by atoms with Crippen LogP contribution in [0, 0.1) is 0 Å². The molecule has 2 rings (SSSR count). The maximum absolute atomic E-state index is 11.7. The lowest BCUT2D eigenvalue weighted by Crippen LogP contribution is -2.24. The average Bonchev–Trinajstić information content (AvgIpc) is 3.12. The van der Waals surface area contributed by atoms with Crippen molar-refractivity contribution in [1.82, 2.24) is 0 Å². The number of aliphatic imine (C=N–C) groups is 1. The van der Waals surface area contributed by atoms with E-state index in [1.807, 2.05) is 0 Å². The number of hydrogen-bond acceptors (Lipinski definition) is 15. The second-order valence-electron chi connectivity index (χ2n) is 9.25. The third-order valence-electron chi connectivity index (χ3n) is 5.64. The van der Waals surface area contributed by atoms with Gasteiger partial charge in [0.2, 0.25) is 0 Å². The van der Waals surface area contributed by atoms with Crippen LogP contribution in [-0.4, -0.2) is 132 Å². The monoisotopic (exact) mass is 823 g/mol. The van der Waals surface area contributed by atoms with Gasteiger partial charge in [0.05, 0.1) is 61.8 Å². The summed E-state index contributed by atoms with van der Waals surface area (Å²) in [4.78, 5) is 38.0. The summed E-state index contributed by atoms with van der Waals surface area (Å²) in [5, 5.41) is 16.7. The molecule has 0 aliphatic carbocycles. The normalized spacial score (nSPS) is 11.7. The van der Waals surface area contributed by atoms with Crippen LogP contribution in [0.15, 0.2) is 41.4 Å². The number of carbonyl (C=O) groups is 3. The second-order valence-corrected chi connectivity index (χ2v) is 11.0. The van der Waals surface area contributed by atoms with Crippen molar-refractivity contribution in [3.8, 4) is 23.0 Å². The molecule has 0 unspecified atom stereocenters. The minimum atomic E-state index is -1.83. The van der Waals surface area contributed by atoms with E-state index >= 15 is 0 Å². The standard InChI is InChI=1S/C16H23NO6.C12H14O5.C4H11NO2.CHCl3.ClH/c1-12(20-2)16(19)23-14-5-4-13(10-15(14)21-3)11-17-6-8-22-9-7-18;1-8(15-2)12(14)17-10-5-4-9(7-13)6-11(10)16-3;5-1-3-7-4-2-6;2-1(3)4;/h4-5,10-12,18H,6-9H2,1-3H3;4-8H,1-3H3;6H,1-5H2;1H;1H/t12-;8-;;;/m00.../s1/i;;;1D;. The lowest BCUT2D eigenvalue weighted by molar-refractivity contribution is -0.145. The molecule has 52 heavy (non-hydrogen) atoms. The smallest absolute Gasteiger partial charge is 0.340 e. The lowest BCUT2D eigenvalue weighted by Gasteiger charge is -2.12. The Morgan fingerprint density at radius 3 is 1.60 bits per heavy atom. The molecule has 2 aromatic carbocycles. The summed E-state index contributed by atoms with van der Waals surface area (Å²) in [5.74, 6) is 0.322. The van der Waals surface area contributed by atoms with Crippen LogP contribution in [0.2, 0.25) is 0 Å². The van der Waals surface area contributed by atoms with E-state index in [0.717, 1.165) is 5.56 Å². The molecule has 2 aromatic rings. The zero-order valence-electron chi connectivity index (χ0n) is 30.9. The number of rotatable bonds is 19. The summed E-state index contributed by atoms with van der Waals surface area (Å²) >= 11 is 14.2. The molecule has 15 nitrogen and oxygen atoms in total. The number of aliphatic hydroxyl groups excluding tert-OH is 2. The molecule has 0 aliphatic heterocycles. The number of ether oxygens (including phenoxy) is 8. The van der Waals surface area contributed by atoms with E-state index in [2.05, 4.69) is 4.99 Å². The first-order valence-corrected chi connectivity index (χ1v) is 16.2. The number of methoxy groups -OCH3 is 4. The van der Waals surface area contributed by atoms with Crippen molar-refractivity contribution in [3.05, 3.63) is 47.5 Å². The molecule has 0 amide bonds. The minimum Gasteiger partial charge on any atom is -0.493 e. The molecule has 0 radical (unpaired) electrons. The van der Waals surface area contributed by atoms with E-state index in [1.165, 1.54) is 46.6 Å². The van der Waals surface area contributed by atoms with Gasteiger partial charge in [0.1, 0.15) is 6.29 Å². The van der Waals surface area contributed by atoms with Crippen LogP contribution in [0.3, 0.4) is 0 Å². The van der Waals surface area contributed by atoms with Crippen LogP contribution in [0.4, 0.5) is 0 Å². The summed E-state index contributed by atoms with van der Waals surface area (Å²) in [6, 6.07) is 9.66. The van der Waals surface area contributed by atoms with Gasteiger partial charge in [-0.1, -0.05) is 34.8 Å². The van der Waals surface area contributed by atoms with Crippen molar-refractivity contribution in [2.45, 2.75) is 30.3 Å². The first-order valence-electron chi connectivity index (χ1n) is 15.6. The number of nitrogens with two attached hydrogens (primary N) is 1. The van der Waals surface area contributed by atoms with Crippen LogP contribution >= 0.6 is 47.2 Å². The molecule has 4 N–H and O–H groups in total. The number of alkyl halides is 3. The zero-order valence-corrected chi connectivity index (χ0v) is 33.0. The van der Waals surface area contributed by atoms with E-state index in [0.29, 0.717) is 68.6 Å². The number of aldehydes is 1. The molecule has 0 bridgehead atoms.